The number of nitriles is 1. The number of benzene rings is 2. The number of aryl methyl sites for hydroxylation is 1. The van der Waals surface area contributed by atoms with E-state index in [-0.39, 0.29) is 6.79 Å². The van der Waals surface area contributed by atoms with Crippen molar-refractivity contribution in [2.75, 3.05) is 24.8 Å². The Morgan fingerprint density at radius 3 is 2.61 bits per heavy atom. The molecular formula is C30H26N6O2. The highest BCUT2D eigenvalue weighted by atomic mass is 16.7. The summed E-state index contributed by atoms with van der Waals surface area (Å²) in [6.07, 6.45) is 6.67. The summed E-state index contributed by atoms with van der Waals surface area (Å²) in [4.78, 5) is 20.2. The molecule has 0 saturated carbocycles. The predicted octanol–water partition coefficient (Wildman–Crippen LogP) is 5.26. The standard InChI is InChI=1S/C30H26N6O2/c1-18-28(22-6-7-26-27(14-22)38-17-37-26)35-29(34-18)21-8-10-36(11-9-21)30-24-12-23(13-25(24)32-16-33-30)20-4-2-19(15-31)3-5-20/h2-7,12,14,16,21H,8-11,13,17H2,1H3,(H,34,35). The molecule has 2 aromatic carbocycles. The fourth-order valence-corrected chi connectivity index (χ4v) is 5.68. The van der Waals surface area contributed by atoms with E-state index in [1.807, 2.05) is 42.5 Å². The number of aromatic nitrogens is 4. The van der Waals surface area contributed by atoms with Crippen LogP contribution in [0.4, 0.5) is 5.82 Å². The van der Waals surface area contributed by atoms with Gasteiger partial charge in [0.15, 0.2) is 11.5 Å². The number of hydrogen-bond donors (Lipinski definition) is 1. The average Bonchev–Trinajstić information content (AvgIpc) is 3.70. The maximum absolute atomic E-state index is 9.10. The summed E-state index contributed by atoms with van der Waals surface area (Å²) in [5.74, 6) is 3.98. The molecule has 2 aromatic heterocycles. The molecule has 1 saturated heterocycles. The number of allylic oxidation sites excluding steroid dienone is 1. The van der Waals surface area contributed by atoms with Gasteiger partial charge in [-0.2, -0.15) is 5.26 Å². The van der Waals surface area contributed by atoms with E-state index in [0.29, 0.717) is 11.5 Å². The van der Waals surface area contributed by atoms with Crippen LogP contribution in [0.3, 0.4) is 0 Å². The second-order valence-electron chi connectivity index (χ2n) is 10.0. The third-order valence-corrected chi connectivity index (χ3v) is 7.74. The first-order chi connectivity index (χ1) is 18.7. The molecule has 0 bridgehead atoms. The number of nitrogens with zero attached hydrogens (tertiary/aromatic N) is 5. The van der Waals surface area contributed by atoms with Gasteiger partial charge in [-0.25, -0.2) is 15.0 Å². The van der Waals surface area contributed by atoms with Crippen LogP contribution in [0, 0.1) is 18.3 Å². The molecule has 0 amide bonds. The van der Waals surface area contributed by atoms with Crippen LogP contribution in [0.25, 0.3) is 22.9 Å². The summed E-state index contributed by atoms with van der Waals surface area (Å²) in [6, 6.07) is 15.9. The fourth-order valence-electron chi connectivity index (χ4n) is 5.68. The van der Waals surface area contributed by atoms with E-state index in [1.165, 1.54) is 5.57 Å². The molecule has 4 aromatic rings. The van der Waals surface area contributed by atoms with Gasteiger partial charge in [-0.3, -0.25) is 0 Å². The summed E-state index contributed by atoms with van der Waals surface area (Å²) in [5.41, 5.74) is 8.25. The van der Waals surface area contributed by atoms with Gasteiger partial charge >= 0.3 is 0 Å². The lowest BCUT2D eigenvalue weighted by Gasteiger charge is -2.32. The minimum atomic E-state index is 0.268. The topological polar surface area (TPSA) is 100.0 Å². The molecule has 38 heavy (non-hydrogen) atoms. The molecule has 0 unspecified atom stereocenters. The largest absolute Gasteiger partial charge is 0.454 e. The quantitative estimate of drug-likeness (QED) is 0.406. The summed E-state index contributed by atoms with van der Waals surface area (Å²) in [6.45, 7) is 4.16. The molecule has 4 heterocycles. The Morgan fingerprint density at radius 2 is 1.79 bits per heavy atom. The average molecular weight is 503 g/mol. The van der Waals surface area contributed by atoms with Crippen molar-refractivity contribution < 1.29 is 9.47 Å². The Bertz CT molecular complexity index is 1610. The number of hydrogen-bond acceptors (Lipinski definition) is 7. The van der Waals surface area contributed by atoms with Crippen LogP contribution >= 0.6 is 0 Å². The van der Waals surface area contributed by atoms with Gasteiger partial charge in [0.2, 0.25) is 6.79 Å². The van der Waals surface area contributed by atoms with E-state index in [2.05, 4.69) is 33.9 Å². The molecule has 2 aliphatic heterocycles. The van der Waals surface area contributed by atoms with Crippen molar-refractivity contribution in [3.8, 4) is 28.8 Å². The van der Waals surface area contributed by atoms with Crippen LogP contribution in [0.2, 0.25) is 0 Å². The second-order valence-corrected chi connectivity index (χ2v) is 10.0. The van der Waals surface area contributed by atoms with Gasteiger partial charge in [0.05, 0.1) is 23.0 Å². The Balaban J connectivity index is 1.08. The molecule has 1 aliphatic carbocycles. The zero-order valence-corrected chi connectivity index (χ0v) is 21.1. The van der Waals surface area contributed by atoms with Crippen molar-refractivity contribution in [2.45, 2.75) is 32.1 Å². The van der Waals surface area contributed by atoms with Crippen molar-refractivity contribution in [3.05, 3.63) is 82.7 Å². The molecule has 0 radical (unpaired) electrons. The van der Waals surface area contributed by atoms with Gasteiger partial charge in [-0.15, -0.1) is 0 Å². The van der Waals surface area contributed by atoms with Crippen LogP contribution in [0.15, 0.2) is 48.8 Å². The van der Waals surface area contributed by atoms with Crippen molar-refractivity contribution in [1.82, 2.24) is 19.9 Å². The molecule has 0 atom stereocenters. The van der Waals surface area contributed by atoms with Crippen LogP contribution in [0.5, 0.6) is 11.5 Å². The highest BCUT2D eigenvalue weighted by Gasteiger charge is 2.28. The molecule has 8 nitrogen and oxygen atoms in total. The van der Waals surface area contributed by atoms with E-state index in [4.69, 9.17) is 24.7 Å². The number of piperidine rings is 1. The maximum Gasteiger partial charge on any atom is 0.231 e. The second kappa shape index (κ2) is 9.03. The molecule has 1 N–H and O–H groups in total. The van der Waals surface area contributed by atoms with Gasteiger partial charge in [0.25, 0.3) is 0 Å². The summed E-state index contributed by atoms with van der Waals surface area (Å²) >= 11 is 0. The minimum Gasteiger partial charge on any atom is -0.454 e. The lowest BCUT2D eigenvalue weighted by atomic mass is 9.96. The first kappa shape index (κ1) is 22.5. The lowest BCUT2D eigenvalue weighted by molar-refractivity contribution is 0.174. The van der Waals surface area contributed by atoms with Crippen molar-refractivity contribution in [3.63, 3.8) is 0 Å². The van der Waals surface area contributed by atoms with Gasteiger partial charge in [0.1, 0.15) is 18.0 Å². The Labute approximate surface area is 220 Å². The molecule has 188 valence electrons. The zero-order chi connectivity index (χ0) is 25.6. The number of ether oxygens (including phenoxy) is 2. The molecule has 1 fully saturated rings. The van der Waals surface area contributed by atoms with Crippen LogP contribution in [-0.4, -0.2) is 39.8 Å². The SMILES string of the molecule is Cc1[nH]c(C2CCN(c3ncnc4c3C=C(c3ccc(C#N)cc3)C4)CC2)nc1-c1ccc2c(c1)OCO2. The fraction of sp³-hybridized carbons (Fsp3) is 0.267. The summed E-state index contributed by atoms with van der Waals surface area (Å²) in [5, 5.41) is 9.10. The predicted molar refractivity (Wildman–Crippen MR) is 144 cm³/mol. The van der Waals surface area contributed by atoms with E-state index in [0.717, 1.165) is 89.3 Å². The normalized spacial score (nSPS) is 16.3. The van der Waals surface area contributed by atoms with Gasteiger partial charge in [-0.05, 0) is 67.3 Å². The third-order valence-electron chi connectivity index (χ3n) is 7.74. The third kappa shape index (κ3) is 3.88. The van der Waals surface area contributed by atoms with Crippen LogP contribution in [-0.2, 0) is 6.42 Å². The molecular weight excluding hydrogens is 476 g/mol. The van der Waals surface area contributed by atoms with E-state index in [9.17, 15) is 0 Å². The van der Waals surface area contributed by atoms with Gasteiger partial charge in [0, 0.05) is 42.2 Å². The first-order valence-electron chi connectivity index (χ1n) is 12.9. The smallest absolute Gasteiger partial charge is 0.231 e. The Morgan fingerprint density at radius 1 is 1.00 bits per heavy atom. The lowest BCUT2D eigenvalue weighted by Crippen LogP contribution is -2.34. The van der Waals surface area contributed by atoms with Crippen LogP contribution < -0.4 is 14.4 Å². The van der Waals surface area contributed by atoms with E-state index >= 15 is 0 Å². The molecule has 7 rings (SSSR count). The first-order valence-corrected chi connectivity index (χ1v) is 12.9. The highest BCUT2D eigenvalue weighted by molar-refractivity contribution is 5.91. The van der Waals surface area contributed by atoms with E-state index in [1.54, 1.807) is 6.33 Å². The van der Waals surface area contributed by atoms with Crippen molar-refractivity contribution in [2.24, 2.45) is 0 Å². The van der Waals surface area contributed by atoms with Crippen molar-refractivity contribution >= 4 is 17.5 Å². The number of rotatable bonds is 4. The maximum atomic E-state index is 9.10. The highest BCUT2D eigenvalue weighted by Crippen LogP contribution is 2.39. The number of aromatic amines is 1. The molecule has 3 aliphatic rings. The van der Waals surface area contributed by atoms with Gasteiger partial charge < -0.3 is 19.4 Å². The number of imidazole rings is 1. The van der Waals surface area contributed by atoms with Crippen LogP contribution in [0.1, 0.15) is 52.7 Å². The number of fused-ring (bicyclic) bond motifs is 2. The summed E-state index contributed by atoms with van der Waals surface area (Å²) in [7, 11) is 0. The number of anilines is 1. The van der Waals surface area contributed by atoms with Crippen molar-refractivity contribution in [1.29, 1.82) is 5.26 Å². The monoisotopic (exact) mass is 502 g/mol. The zero-order valence-electron chi connectivity index (χ0n) is 21.1. The Kier molecular flexibility index (Phi) is 5.36. The molecule has 8 heteroatoms. The van der Waals surface area contributed by atoms with E-state index < -0.39 is 0 Å². The summed E-state index contributed by atoms with van der Waals surface area (Å²) < 4.78 is 11.0. The number of nitrogens with one attached hydrogen (secondary N) is 1. The Hall–Kier alpha value is -4.64. The minimum absolute atomic E-state index is 0.268. The molecule has 0 spiro atoms. The number of H-pyrrole nitrogens is 1. The van der Waals surface area contributed by atoms with Gasteiger partial charge in [-0.1, -0.05) is 12.1 Å².